The Hall–Kier alpha value is -1.32. The van der Waals surface area contributed by atoms with Gasteiger partial charge in [-0.3, -0.25) is 0 Å². The van der Waals surface area contributed by atoms with Crippen molar-refractivity contribution in [1.82, 2.24) is 5.32 Å². The number of benzene rings is 2. The lowest BCUT2D eigenvalue weighted by Gasteiger charge is -2.05. The van der Waals surface area contributed by atoms with Crippen molar-refractivity contribution in [2.75, 3.05) is 0 Å². The van der Waals surface area contributed by atoms with E-state index in [0.29, 0.717) is 0 Å². The quantitative estimate of drug-likeness (QED) is 0.792. The molecule has 3 rings (SSSR count). The van der Waals surface area contributed by atoms with Crippen LogP contribution >= 0.6 is 11.8 Å². The molecule has 0 radical (unpaired) electrons. The van der Waals surface area contributed by atoms with E-state index in [2.05, 4.69) is 29.6 Å². The van der Waals surface area contributed by atoms with E-state index in [-0.39, 0.29) is 5.82 Å². The van der Waals surface area contributed by atoms with Crippen molar-refractivity contribution in [3.05, 3.63) is 65.5 Å². The Balaban J connectivity index is 1.52. The zero-order chi connectivity index (χ0) is 13.8. The summed E-state index contributed by atoms with van der Waals surface area (Å²) >= 11 is 1.74. The first-order valence-corrected chi connectivity index (χ1v) is 7.98. The molecule has 1 N–H and O–H groups in total. The molecule has 2 aromatic rings. The van der Waals surface area contributed by atoms with E-state index in [1.54, 1.807) is 23.9 Å². The minimum atomic E-state index is -0.162. The van der Waals surface area contributed by atoms with Gasteiger partial charge in [0, 0.05) is 23.2 Å². The number of halogens is 1. The van der Waals surface area contributed by atoms with E-state index in [0.717, 1.165) is 23.9 Å². The van der Waals surface area contributed by atoms with Crippen LogP contribution in [-0.4, -0.2) is 6.04 Å². The molecule has 1 aliphatic rings. The zero-order valence-corrected chi connectivity index (χ0v) is 12.1. The third-order valence-electron chi connectivity index (χ3n) is 3.39. The van der Waals surface area contributed by atoms with Crippen LogP contribution in [0.5, 0.6) is 0 Å². The molecular formula is C17H18FNS. The molecule has 0 amide bonds. The first-order valence-electron chi connectivity index (χ1n) is 6.99. The van der Waals surface area contributed by atoms with Crippen molar-refractivity contribution in [2.24, 2.45) is 0 Å². The molecule has 0 saturated heterocycles. The van der Waals surface area contributed by atoms with Gasteiger partial charge in [0.05, 0.1) is 0 Å². The molecule has 0 aliphatic heterocycles. The molecule has 0 bridgehead atoms. The van der Waals surface area contributed by atoms with E-state index < -0.39 is 0 Å². The largest absolute Gasteiger partial charge is 0.310 e. The zero-order valence-electron chi connectivity index (χ0n) is 11.3. The van der Waals surface area contributed by atoms with Crippen molar-refractivity contribution in [3.63, 3.8) is 0 Å². The van der Waals surface area contributed by atoms with Crippen LogP contribution in [0.25, 0.3) is 0 Å². The lowest BCUT2D eigenvalue weighted by Crippen LogP contribution is -2.14. The number of thioether (sulfide) groups is 1. The van der Waals surface area contributed by atoms with Gasteiger partial charge in [-0.25, -0.2) is 4.39 Å². The third kappa shape index (κ3) is 4.09. The molecule has 1 saturated carbocycles. The first-order chi connectivity index (χ1) is 9.79. The molecule has 0 atom stereocenters. The summed E-state index contributed by atoms with van der Waals surface area (Å²) in [6.45, 7) is 0.958. The minimum Gasteiger partial charge on any atom is -0.310 e. The van der Waals surface area contributed by atoms with Crippen LogP contribution in [-0.2, 0) is 12.3 Å². The molecule has 3 heteroatoms. The lowest BCUT2D eigenvalue weighted by molar-refractivity contribution is 0.626. The summed E-state index contributed by atoms with van der Waals surface area (Å²) < 4.78 is 13.1. The van der Waals surface area contributed by atoms with E-state index in [1.807, 2.05) is 6.07 Å². The smallest absolute Gasteiger partial charge is 0.123 e. The van der Waals surface area contributed by atoms with Crippen molar-refractivity contribution in [2.45, 2.75) is 36.1 Å². The van der Waals surface area contributed by atoms with Crippen LogP contribution in [0.1, 0.15) is 24.0 Å². The third-order valence-corrected chi connectivity index (χ3v) is 4.47. The van der Waals surface area contributed by atoms with E-state index >= 15 is 0 Å². The second-order valence-electron chi connectivity index (χ2n) is 5.22. The summed E-state index contributed by atoms with van der Waals surface area (Å²) in [6.07, 6.45) is 2.64. The summed E-state index contributed by atoms with van der Waals surface area (Å²) in [7, 11) is 0. The second kappa shape index (κ2) is 6.42. The normalized spacial score (nSPS) is 14.4. The molecule has 2 aromatic carbocycles. The lowest BCUT2D eigenvalue weighted by atomic mass is 10.2. The SMILES string of the molecule is Fc1cccc(CSc2ccc(CNC3CC3)cc2)c1. The van der Waals surface area contributed by atoms with Crippen molar-refractivity contribution in [1.29, 1.82) is 0 Å². The molecule has 1 aliphatic carbocycles. The minimum absolute atomic E-state index is 0.162. The Morgan fingerprint density at radius 1 is 1.05 bits per heavy atom. The summed E-state index contributed by atoms with van der Waals surface area (Å²) in [5, 5.41) is 3.51. The summed E-state index contributed by atoms with van der Waals surface area (Å²) in [5.74, 6) is 0.641. The topological polar surface area (TPSA) is 12.0 Å². The summed E-state index contributed by atoms with van der Waals surface area (Å²) in [6, 6.07) is 16.2. The van der Waals surface area contributed by atoms with Gasteiger partial charge in [0.25, 0.3) is 0 Å². The Bertz CT molecular complexity index is 563. The maximum Gasteiger partial charge on any atom is 0.123 e. The standard InChI is InChI=1S/C17H18FNS/c18-15-3-1-2-14(10-15)12-20-17-8-4-13(5-9-17)11-19-16-6-7-16/h1-5,8-10,16,19H,6-7,11-12H2. The number of nitrogens with one attached hydrogen (secondary N) is 1. The average Bonchev–Trinajstić information content (AvgIpc) is 3.28. The van der Waals surface area contributed by atoms with Gasteiger partial charge in [0.15, 0.2) is 0 Å². The Morgan fingerprint density at radius 3 is 2.55 bits per heavy atom. The molecule has 0 unspecified atom stereocenters. The van der Waals surface area contributed by atoms with Gasteiger partial charge < -0.3 is 5.32 Å². The fraction of sp³-hybridized carbons (Fsp3) is 0.294. The highest BCUT2D eigenvalue weighted by atomic mass is 32.2. The summed E-state index contributed by atoms with van der Waals surface area (Å²) in [5.41, 5.74) is 2.35. The molecular weight excluding hydrogens is 269 g/mol. The van der Waals surface area contributed by atoms with Gasteiger partial charge in [-0.1, -0.05) is 24.3 Å². The highest BCUT2D eigenvalue weighted by Gasteiger charge is 2.19. The molecule has 0 heterocycles. The monoisotopic (exact) mass is 287 g/mol. The van der Waals surface area contributed by atoms with Crippen LogP contribution in [0.2, 0.25) is 0 Å². The fourth-order valence-corrected chi connectivity index (χ4v) is 2.89. The van der Waals surface area contributed by atoms with Crippen molar-refractivity contribution in [3.8, 4) is 0 Å². The number of hydrogen-bond donors (Lipinski definition) is 1. The summed E-state index contributed by atoms with van der Waals surface area (Å²) in [4.78, 5) is 1.23. The highest BCUT2D eigenvalue weighted by Crippen LogP contribution is 2.24. The molecule has 20 heavy (non-hydrogen) atoms. The van der Waals surface area contributed by atoms with Crippen LogP contribution in [0.15, 0.2) is 53.4 Å². The van der Waals surface area contributed by atoms with E-state index in [4.69, 9.17) is 0 Å². The maximum absolute atomic E-state index is 13.1. The van der Waals surface area contributed by atoms with Gasteiger partial charge >= 0.3 is 0 Å². The molecule has 1 nitrogen and oxygen atoms in total. The Kier molecular flexibility index (Phi) is 4.38. The first kappa shape index (κ1) is 13.7. The molecule has 1 fully saturated rings. The van der Waals surface area contributed by atoms with Gasteiger partial charge in [-0.15, -0.1) is 11.8 Å². The van der Waals surface area contributed by atoms with E-state index in [1.165, 1.54) is 29.4 Å². The van der Waals surface area contributed by atoms with Crippen LogP contribution < -0.4 is 5.32 Å². The Morgan fingerprint density at radius 2 is 1.85 bits per heavy atom. The van der Waals surface area contributed by atoms with Crippen LogP contribution in [0, 0.1) is 5.82 Å². The van der Waals surface area contributed by atoms with Crippen molar-refractivity contribution < 1.29 is 4.39 Å². The predicted molar refractivity (Wildman–Crippen MR) is 82.3 cm³/mol. The fourth-order valence-electron chi connectivity index (χ4n) is 2.05. The predicted octanol–water partition coefficient (Wildman–Crippen LogP) is 4.37. The van der Waals surface area contributed by atoms with Gasteiger partial charge in [0.2, 0.25) is 0 Å². The van der Waals surface area contributed by atoms with Gasteiger partial charge in [-0.2, -0.15) is 0 Å². The number of hydrogen-bond acceptors (Lipinski definition) is 2. The van der Waals surface area contributed by atoms with E-state index in [9.17, 15) is 4.39 Å². The molecule has 104 valence electrons. The number of rotatable bonds is 6. The van der Waals surface area contributed by atoms with Gasteiger partial charge in [0.1, 0.15) is 5.82 Å². The van der Waals surface area contributed by atoms with Crippen molar-refractivity contribution >= 4 is 11.8 Å². The average molecular weight is 287 g/mol. The van der Waals surface area contributed by atoms with Gasteiger partial charge in [-0.05, 0) is 48.2 Å². The molecule has 0 aromatic heterocycles. The van der Waals surface area contributed by atoms with Crippen LogP contribution in [0.4, 0.5) is 4.39 Å². The van der Waals surface area contributed by atoms with Crippen LogP contribution in [0.3, 0.4) is 0 Å². The highest BCUT2D eigenvalue weighted by molar-refractivity contribution is 7.98. The molecule has 0 spiro atoms. The maximum atomic E-state index is 13.1. The second-order valence-corrected chi connectivity index (χ2v) is 6.27. The Labute approximate surface area is 123 Å².